The Morgan fingerprint density at radius 2 is 1.38 bits per heavy atom. The molecule has 6 unspecified atom stereocenters. The van der Waals surface area contributed by atoms with Gasteiger partial charge in [0.05, 0.1) is 31.7 Å². The second kappa shape index (κ2) is 12.1. The topological polar surface area (TPSA) is 113 Å². The van der Waals surface area contributed by atoms with E-state index < -0.39 is 104 Å². The Kier molecular flexibility index (Phi) is 8.35. The predicted molar refractivity (Wildman–Crippen MR) is 176 cm³/mol. The van der Waals surface area contributed by atoms with Crippen LogP contribution in [0.1, 0.15) is 29.9 Å². The molecular formula is C35H24Cl3F5N2O7. The molecule has 52 heavy (non-hydrogen) atoms. The number of carbonyl (C=O) groups excluding carboxylic acids is 4. The van der Waals surface area contributed by atoms with Gasteiger partial charge in [-0.25, -0.2) is 31.8 Å². The molecule has 6 atom stereocenters. The Morgan fingerprint density at radius 1 is 0.808 bits per heavy atom. The minimum Gasteiger partial charge on any atom is -0.502 e. The van der Waals surface area contributed by atoms with E-state index in [1.807, 2.05) is 0 Å². The van der Waals surface area contributed by atoms with Crippen molar-refractivity contribution in [3.8, 4) is 17.2 Å². The van der Waals surface area contributed by atoms with Crippen LogP contribution in [0.4, 0.5) is 33.3 Å². The molecule has 17 heteroatoms. The molecule has 2 aliphatic heterocycles. The number of aromatic hydroxyl groups is 1. The number of ether oxygens (including phenoxy) is 2. The first-order chi connectivity index (χ1) is 24.5. The lowest BCUT2D eigenvalue weighted by molar-refractivity contribution is -0.125. The zero-order valence-electron chi connectivity index (χ0n) is 27.0. The van der Waals surface area contributed by atoms with Crippen molar-refractivity contribution in [2.45, 2.75) is 35.4 Å². The molecule has 0 bridgehead atoms. The lowest BCUT2D eigenvalue weighted by Crippen LogP contribution is -2.60. The number of hydrogen-bond donors (Lipinski definition) is 1. The van der Waals surface area contributed by atoms with Crippen molar-refractivity contribution in [1.29, 1.82) is 0 Å². The number of aryl methyl sites for hydroxylation is 1. The van der Waals surface area contributed by atoms with Gasteiger partial charge in [0.15, 0.2) is 44.5 Å². The SMILES string of the molecule is COc1cc(C2C3=CCC4C(=O)N(c5ccc(C)c(Cl)c5)C(=O)C4C3CC3(Cl)C(=O)N(c4c(F)c(F)c(F)c(F)c4F)C(=O)C23Cl)cc(OC)c1O. The van der Waals surface area contributed by atoms with Gasteiger partial charge in [0.1, 0.15) is 5.69 Å². The molecule has 1 saturated carbocycles. The molecule has 1 N–H and O–H groups in total. The lowest BCUT2D eigenvalue weighted by atomic mass is 9.56. The molecule has 0 aromatic heterocycles. The second-order valence-corrected chi connectivity index (χ2v) is 14.6. The number of rotatable bonds is 5. The van der Waals surface area contributed by atoms with Gasteiger partial charge in [-0.1, -0.05) is 29.3 Å². The number of alkyl halides is 2. The number of anilines is 2. The summed E-state index contributed by atoms with van der Waals surface area (Å²) in [6.07, 6.45) is 0.774. The number of halogens is 8. The first-order valence-corrected chi connectivity index (χ1v) is 16.7. The Balaban J connectivity index is 1.46. The molecule has 7 rings (SSSR count). The van der Waals surface area contributed by atoms with Crippen LogP contribution >= 0.6 is 34.8 Å². The molecule has 0 spiro atoms. The molecule has 272 valence electrons. The van der Waals surface area contributed by atoms with Crippen molar-refractivity contribution >= 4 is 69.8 Å². The summed E-state index contributed by atoms with van der Waals surface area (Å²) in [5.74, 6) is -22.9. The van der Waals surface area contributed by atoms with Crippen LogP contribution in [0.3, 0.4) is 0 Å². The summed E-state index contributed by atoms with van der Waals surface area (Å²) in [6, 6.07) is 7.01. The molecule has 3 fully saturated rings. The maximum absolute atomic E-state index is 15.3. The Labute approximate surface area is 306 Å². The van der Waals surface area contributed by atoms with Gasteiger partial charge in [-0.2, -0.15) is 0 Å². The van der Waals surface area contributed by atoms with E-state index in [9.17, 15) is 37.5 Å². The number of methoxy groups -OCH3 is 2. The first-order valence-electron chi connectivity index (χ1n) is 15.5. The zero-order valence-corrected chi connectivity index (χ0v) is 29.3. The maximum atomic E-state index is 15.3. The van der Waals surface area contributed by atoms with Gasteiger partial charge in [0.25, 0.3) is 11.8 Å². The van der Waals surface area contributed by atoms with E-state index in [2.05, 4.69) is 0 Å². The quantitative estimate of drug-likeness (QED) is 0.0754. The molecular weight excluding hydrogens is 762 g/mol. The van der Waals surface area contributed by atoms with E-state index in [1.165, 1.54) is 38.5 Å². The molecule has 9 nitrogen and oxygen atoms in total. The molecule has 2 saturated heterocycles. The van der Waals surface area contributed by atoms with Gasteiger partial charge < -0.3 is 14.6 Å². The van der Waals surface area contributed by atoms with E-state index in [0.717, 1.165) is 4.90 Å². The van der Waals surface area contributed by atoms with Gasteiger partial charge >= 0.3 is 0 Å². The Hall–Kier alpha value is -4.40. The summed E-state index contributed by atoms with van der Waals surface area (Å²) in [4.78, 5) is 52.2. The molecule has 2 heterocycles. The van der Waals surface area contributed by atoms with E-state index in [1.54, 1.807) is 19.1 Å². The summed E-state index contributed by atoms with van der Waals surface area (Å²) in [6.45, 7) is 1.72. The summed E-state index contributed by atoms with van der Waals surface area (Å²) >= 11 is 20.6. The second-order valence-electron chi connectivity index (χ2n) is 12.9. The summed E-state index contributed by atoms with van der Waals surface area (Å²) in [5.41, 5.74) is -0.873. The van der Waals surface area contributed by atoms with Crippen LogP contribution in [-0.2, 0) is 19.2 Å². The van der Waals surface area contributed by atoms with Gasteiger partial charge in [-0.15, -0.1) is 23.2 Å². The Bertz CT molecular complexity index is 2150. The van der Waals surface area contributed by atoms with Crippen molar-refractivity contribution in [2.75, 3.05) is 24.0 Å². The van der Waals surface area contributed by atoms with Crippen LogP contribution in [0.5, 0.6) is 17.2 Å². The lowest BCUT2D eigenvalue weighted by Gasteiger charge is -2.50. The van der Waals surface area contributed by atoms with Gasteiger partial charge in [-0.05, 0) is 61.1 Å². The van der Waals surface area contributed by atoms with Crippen molar-refractivity contribution < 1.29 is 55.7 Å². The van der Waals surface area contributed by atoms with E-state index >= 15 is 8.78 Å². The van der Waals surface area contributed by atoms with E-state index in [4.69, 9.17) is 44.3 Å². The predicted octanol–water partition coefficient (Wildman–Crippen LogP) is 6.83. The first kappa shape index (κ1) is 36.0. The molecule has 3 aromatic rings. The minimum atomic E-state index is -2.77. The highest BCUT2D eigenvalue weighted by Gasteiger charge is 2.77. The van der Waals surface area contributed by atoms with Crippen molar-refractivity contribution in [1.82, 2.24) is 0 Å². The average molecular weight is 786 g/mol. The van der Waals surface area contributed by atoms with Crippen LogP contribution in [-0.4, -0.2) is 52.7 Å². The molecule has 2 aliphatic carbocycles. The number of carbonyl (C=O) groups is 4. The maximum Gasteiger partial charge on any atom is 0.258 e. The fraction of sp³-hybridized carbons (Fsp3) is 0.314. The van der Waals surface area contributed by atoms with Crippen molar-refractivity contribution in [2.24, 2.45) is 17.8 Å². The number of benzene rings is 3. The minimum absolute atomic E-state index is 0.0136. The number of fused-ring (bicyclic) bond motifs is 4. The number of nitrogens with zero attached hydrogens (tertiary/aromatic N) is 2. The standard InChI is InChI=1S/C35H24Cl3F5N2O7/c1-12-4-5-14(10-18(12)36)44-30(47)16-7-6-15-17(21(16)31(44)48)11-34(37)32(49)45(28-26(42)24(40)23(39)25(41)27(28)43)33(50)35(34,38)22(15)13-8-19(51-2)29(46)20(9-13)52-3/h4-6,8-10,16-17,21-22,46H,7,11H2,1-3H3. The van der Waals surface area contributed by atoms with Crippen molar-refractivity contribution in [3.05, 3.63) is 87.2 Å². The van der Waals surface area contributed by atoms with Gasteiger partial charge in [0, 0.05) is 10.9 Å². The van der Waals surface area contributed by atoms with Crippen LogP contribution in [0, 0.1) is 53.8 Å². The number of imide groups is 2. The number of amides is 4. The van der Waals surface area contributed by atoms with Crippen LogP contribution < -0.4 is 19.3 Å². The number of phenolic OH excluding ortho intramolecular Hbond substituents is 1. The summed E-state index contributed by atoms with van der Waals surface area (Å²) < 4.78 is 84.2. The molecule has 3 aromatic carbocycles. The third-order valence-electron chi connectivity index (χ3n) is 10.5. The van der Waals surface area contributed by atoms with E-state index in [0.29, 0.717) is 5.56 Å². The van der Waals surface area contributed by atoms with Crippen LogP contribution in [0.25, 0.3) is 0 Å². The summed E-state index contributed by atoms with van der Waals surface area (Å²) in [7, 11) is 2.39. The normalized spacial score (nSPS) is 28.2. The fourth-order valence-electron chi connectivity index (χ4n) is 8.00. The highest BCUT2D eigenvalue weighted by molar-refractivity contribution is 6.58. The zero-order chi connectivity index (χ0) is 37.9. The monoisotopic (exact) mass is 784 g/mol. The van der Waals surface area contributed by atoms with Gasteiger partial charge in [-0.3, -0.25) is 19.2 Å². The number of hydrogen-bond acceptors (Lipinski definition) is 7. The largest absolute Gasteiger partial charge is 0.502 e. The third kappa shape index (κ3) is 4.52. The molecule has 4 amide bonds. The molecule has 4 aliphatic rings. The summed E-state index contributed by atoms with van der Waals surface area (Å²) in [5, 5.41) is 11.0. The van der Waals surface area contributed by atoms with Crippen molar-refractivity contribution in [3.63, 3.8) is 0 Å². The Morgan fingerprint density at radius 3 is 1.94 bits per heavy atom. The van der Waals surface area contributed by atoms with Crippen LogP contribution in [0.2, 0.25) is 5.02 Å². The molecule has 0 radical (unpaired) electrons. The van der Waals surface area contributed by atoms with Gasteiger partial charge in [0.2, 0.25) is 23.4 Å². The highest BCUT2D eigenvalue weighted by Crippen LogP contribution is 2.66. The third-order valence-corrected chi connectivity index (χ3v) is 12.3. The average Bonchev–Trinajstić information content (AvgIpc) is 3.46. The fourth-order valence-corrected chi connectivity index (χ4v) is 9.11. The number of allylic oxidation sites excluding steroid dienone is 2. The highest BCUT2D eigenvalue weighted by atomic mass is 35.5. The van der Waals surface area contributed by atoms with E-state index in [-0.39, 0.29) is 44.7 Å². The number of phenols is 1. The smallest absolute Gasteiger partial charge is 0.258 e. The van der Waals surface area contributed by atoms with Crippen LogP contribution in [0.15, 0.2) is 42.0 Å².